The van der Waals surface area contributed by atoms with E-state index < -0.39 is 11.9 Å². The summed E-state index contributed by atoms with van der Waals surface area (Å²) in [5.41, 5.74) is 0. The number of carbonyl (C=O) groups is 2. The molecule has 0 spiro atoms. The molecule has 2 rings (SSSR count). The molecule has 1 heterocycles. The Hall–Kier alpha value is -1.32. The molecule has 4 nitrogen and oxygen atoms in total. The van der Waals surface area contributed by atoms with Gasteiger partial charge < -0.3 is 10.0 Å². The van der Waals surface area contributed by atoms with Gasteiger partial charge in [0.05, 0.1) is 11.8 Å². The number of allylic oxidation sites excluding steroid dienone is 2. The first-order valence-corrected chi connectivity index (χ1v) is 8.17. The minimum atomic E-state index is -0.840. The van der Waals surface area contributed by atoms with Crippen LogP contribution < -0.4 is 0 Å². The van der Waals surface area contributed by atoms with Crippen LogP contribution in [0.2, 0.25) is 0 Å². The van der Waals surface area contributed by atoms with Crippen LogP contribution in [0.5, 0.6) is 0 Å². The van der Waals surface area contributed by atoms with Gasteiger partial charge in [-0.2, -0.15) is 0 Å². The highest BCUT2D eigenvalue weighted by molar-refractivity contribution is 5.85. The second kappa shape index (κ2) is 7.10. The molecule has 1 saturated heterocycles. The van der Waals surface area contributed by atoms with Crippen LogP contribution in [0.1, 0.15) is 46.0 Å². The summed E-state index contributed by atoms with van der Waals surface area (Å²) in [6, 6.07) is 0. The van der Waals surface area contributed by atoms with E-state index in [0.29, 0.717) is 24.7 Å². The Morgan fingerprint density at radius 3 is 2.38 bits per heavy atom. The second-order valence-electron chi connectivity index (χ2n) is 6.75. The van der Waals surface area contributed by atoms with Crippen molar-refractivity contribution < 1.29 is 14.7 Å². The molecule has 118 valence electrons. The van der Waals surface area contributed by atoms with E-state index in [9.17, 15) is 14.7 Å². The molecule has 0 radical (unpaired) electrons. The Balaban J connectivity index is 2.02. The summed E-state index contributed by atoms with van der Waals surface area (Å²) in [5, 5.41) is 9.32. The van der Waals surface area contributed by atoms with Gasteiger partial charge in [0.25, 0.3) is 0 Å². The minimum absolute atomic E-state index is 0.0520. The molecular weight excluding hydrogens is 266 g/mol. The van der Waals surface area contributed by atoms with Crippen molar-refractivity contribution in [2.24, 2.45) is 23.7 Å². The first-order valence-electron chi connectivity index (χ1n) is 8.17. The number of likely N-dealkylation sites (tertiary alicyclic amines) is 1. The zero-order chi connectivity index (χ0) is 15.4. The van der Waals surface area contributed by atoms with Crippen LogP contribution in [-0.2, 0) is 9.59 Å². The quantitative estimate of drug-likeness (QED) is 0.814. The molecule has 4 heteroatoms. The van der Waals surface area contributed by atoms with Gasteiger partial charge in [0.1, 0.15) is 0 Å². The number of carboxylic acids is 1. The normalized spacial score (nSPS) is 30.2. The average molecular weight is 293 g/mol. The summed E-state index contributed by atoms with van der Waals surface area (Å²) in [6.07, 6.45) is 8.15. The third kappa shape index (κ3) is 3.86. The lowest BCUT2D eigenvalue weighted by atomic mass is 9.82. The van der Waals surface area contributed by atoms with Crippen LogP contribution in [0.3, 0.4) is 0 Å². The molecule has 0 aromatic carbocycles. The summed E-state index contributed by atoms with van der Waals surface area (Å²) in [4.78, 5) is 26.0. The third-order valence-electron chi connectivity index (χ3n) is 5.09. The fourth-order valence-corrected chi connectivity index (χ4v) is 3.60. The summed E-state index contributed by atoms with van der Waals surface area (Å²) in [7, 11) is 0. The summed E-state index contributed by atoms with van der Waals surface area (Å²) in [6.45, 7) is 6.06. The van der Waals surface area contributed by atoms with E-state index >= 15 is 0 Å². The van der Waals surface area contributed by atoms with Crippen LogP contribution in [0.4, 0.5) is 0 Å². The number of carbonyl (C=O) groups excluding carboxylic acids is 1. The van der Waals surface area contributed by atoms with Crippen molar-refractivity contribution in [2.45, 2.75) is 46.0 Å². The number of hydrogen-bond acceptors (Lipinski definition) is 2. The summed E-state index contributed by atoms with van der Waals surface area (Å²) in [5.74, 6) is -0.368. The van der Waals surface area contributed by atoms with E-state index in [1.165, 1.54) is 6.42 Å². The molecule has 0 saturated carbocycles. The van der Waals surface area contributed by atoms with Crippen molar-refractivity contribution in [3.05, 3.63) is 12.2 Å². The molecule has 21 heavy (non-hydrogen) atoms. The van der Waals surface area contributed by atoms with Crippen LogP contribution in [0.25, 0.3) is 0 Å². The van der Waals surface area contributed by atoms with Crippen LogP contribution >= 0.6 is 0 Å². The molecular formula is C17H27NO3. The standard InChI is InChI=1S/C17H27NO3/c1-12(2)13-6-5-10-18(11-9-13)16(19)14-7-3-4-8-15(14)17(20)21/h3-4,12-15H,5-11H2,1-2H3,(H,20,21). The largest absolute Gasteiger partial charge is 0.481 e. The van der Waals surface area contributed by atoms with Crippen molar-refractivity contribution in [3.63, 3.8) is 0 Å². The molecule has 1 aliphatic carbocycles. The van der Waals surface area contributed by atoms with Crippen LogP contribution in [-0.4, -0.2) is 35.0 Å². The molecule has 3 atom stereocenters. The van der Waals surface area contributed by atoms with E-state index in [1.54, 1.807) is 0 Å². The van der Waals surface area contributed by atoms with Gasteiger partial charge in [-0.1, -0.05) is 26.0 Å². The number of carboxylic acid groups (broad SMARTS) is 1. The van der Waals surface area contributed by atoms with Gasteiger partial charge in [-0.25, -0.2) is 0 Å². The van der Waals surface area contributed by atoms with E-state index in [0.717, 1.165) is 25.9 Å². The van der Waals surface area contributed by atoms with Crippen molar-refractivity contribution in [1.29, 1.82) is 0 Å². The minimum Gasteiger partial charge on any atom is -0.481 e. The van der Waals surface area contributed by atoms with Crippen molar-refractivity contribution in [2.75, 3.05) is 13.1 Å². The number of nitrogens with zero attached hydrogens (tertiary/aromatic N) is 1. The molecule has 2 aliphatic rings. The molecule has 0 aromatic rings. The van der Waals surface area contributed by atoms with Gasteiger partial charge in [-0.15, -0.1) is 0 Å². The Morgan fingerprint density at radius 2 is 1.76 bits per heavy atom. The first kappa shape index (κ1) is 16.1. The van der Waals surface area contributed by atoms with Crippen molar-refractivity contribution in [3.8, 4) is 0 Å². The van der Waals surface area contributed by atoms with Crippen LogP contribution in [0.15, 0.2) is 12.2 Å². The highest BCUT2D eigenvalue weighted by Crippen LogP contribution is 2.30. The molecule has 1 N–H and O–H groups in total. The van der Waals surface area contributed by atoms with E-state index in [2.05, 4.69) is 13.8 Å². The molecule has 1 aliphatic heterocycles. The Labute approximate surface area is 127 Å². The monoisotopic (exact) mass is 293 g/mol. The van der Waals surface area contributed by atoms with Crippen molar-refractivity contribution in [1.82, 2.24) is 4.90 Å². The number of rotatable bonds is 3. The maximum absolute atomic E-state index is 12.7. The fraction of sp³-hybridized carbons (Fsp3) is 0.765. The van der Waals surface area contributed by atoms with E-state index in [1.807, 2.05) is 17.1 Å². The zero-order valence-corrected chi connectivity index (χ0v) is 13.1. The molecule has 0 bridgehead atoms. The SMILES string of the molecule is CC(C)C1CCCN(C(=O)C2CC=CCC2C(=O)O)CC1. The lowest BCUT2D eigenvalue weighted by Gasteiger charge is -2.30. The van der Waals surface area contributed by atoms with E-state index in [4.69, 9.17) is 0 Å². The number of hydrogen-bond donors (Lipinski definition) is 1. The van der Waals surface area contributed by atoms with Crippen molar-refractivity contribution >= 4 is 11.9 Å². The van der Waals surface area contributed by atoms with Gasteiger partial charge in [-0.05, 0) is 43.9 Å². The number of aliphatic carboxylic acids is 1. The van der Waals surface area contributed by atoms with Gasteiger partial charge in [-0.3, -0.25) is 9.59 Å². The highest BCUT2D eigenvalue weighted by Gasteiger charge is 2.36. The number of amides is 1. The van der Waals surface area contributed by atoms with Crippen LogP contribution in [0, 0.1) is 23.7 Å². The average Bonchev–Trinajstić information content (AvgIpc) is 2.72. The Kier molecular flexibility index (Phi) is 5.43. The Morgan fingerprint density at radius 1 is 1.10 bits per heavy atom. The van der Waals surface area contributed by atoms with Gasteiger partial charge in [0.15, 0.2) is 0 Å². The fourth-order valence-electron chi connectivity index (χ4n) is 3.60. The lowest BCUT2D eigenvalue weighted by Crippen LogP contribution is -2.42. The predicted molar refractivity (Wildman–Crippen MR) is 81.7 cm³/mol. The maximum Gasteiger partial charge on any atom is 0.307 e. The first-order chi connectivity index (χ1) is 10.0. The maximum atomic E-state index is 12.7. The summed E-state index contributed by atoms with van der Waals surface area (Å²) >= 11 is 0. The lowest BCUT2D eigenvalue weighted by molar-refractivity contribution is -0.150. The predicted octanol–water partition coefficient (Wildman–Crippen LogP) is 2.94. The third-order valence-corrected chi connectivity index (χ3v) is 5.09. The van der Waals surface area contributed by atoms with Gasteiger partial charge in [0, 0.05) is 13.1 Å². The van der Waals surface area contributed by atoms with Gasteiger partial charge in [0.2, 0.25) is 5.91 Å². The second-order valence-corrected chi connectivity index (χ2v) is 6.75. The Bertz CT molecular complexity index is 416. The highest BCUT2D eigenvalue weighted by atomic mass is 16.4. The molecule has 1 fully saturated rings. The summed E-state index contributed by atoms with van der Waals surface area (Å²) < 4.78 is 0. The van der Waals surface area contributed by atoms with Gasteiger partial charge >= 0.3 is 5.97 Å². The molecule has 0 aromatic heterocycles. The topological polar surface area (TPSA) is 57.6 Å². The molecule has 3 unspecified atom stereocenters. The molecule has 1 amide bonds. The smallest absolute Gasteiger partial charge is 0.307 e. The van der Waals surface area contributed by atoms with E-state index in [-0.39, 0.29) is 11.8 Å². The zero-order valence-electron chi connectivity index (χ0n) is 13.1.